The van der Waals surface area contributed by atoms with Crippen molar-refractivity contribution in [3.05, 3.63) is 0 Å². The van der Waals surface area contributed by atoms with Crippen molar-refractivity contribution in [2.24, 2.45) is 0 Å². The summed E-state index contributed by atoms with van der Waals surface area (Å²) in [4.78, 5) is 0. The molecule has 0 aliphatic heterocycles. The third-order valence-corrected chi connectivity index (χ3v) is 20.1. The van der Waals surface area contributed by atoms with Gasteiger partial charge in [-0.3, -0.25) is 0 Å². The van der Waals surface area contributed by atoms with Gasteiger partial charge in [-0.2, -0.15) is 0 Å². The van der Waals surface area contributed by atoms with Crippen LogP contribution in [0.25, 0.3) is 0 Å². The first-order valence-electron chi connectivity index (χ1n) is 18.4. The van der Waals surface area contributed by atoms with Crippen LogP contribution in [0.2, 0.25) is 0 Å². The molecule has 6 fully saturated rings. The van der Waals surface area contributed by atoms with Crippen molar-refractivity contribution in [3.63, 3.8) is 0 Å². The molecule has 0 bridgehead atoms. The van der Waals surface area contributed by atoms with E-state index in [4.69, 9.17) is 0 Å². The molecule has 4 heteroatoms. The zero-order valence-electron chi connectivity index (χ0n) is 26.4. The van der Waals surface area contributed by atoms with Crippen LogP contribution in [-0.2, 0) is 0 Å². The lowest BCUT2D eigenvalue weighted by molar-refractivity contribution is 0.460. The molecule has 0 heterocycles. The topological polar surface area (TPSA) is 0 Å². The predicted octanol–water partition coefficient (Wildman–Crippen LogP) is 13.8. The van der Waals surface area contributed by atoms with Crippen LogP contribution in [0.1, 0.15) is 193 Å². The molecule has 0 amide bonds. The Bertz CT molecular complexity index is 469. The van der Waals surface area contributed by atoms with Crippen LogP contribution < -0.4 is 0 Å². The summed E-state index contributed by atoms with van der Waals surface area (Å²) in [6, 6.07) is 0. The smallest absolute Gasteiger partial charge is 0.0204 e. The van der Waals surface area contributed by atoms with E-state index >= 15 is 0 Å². The molecule has 0 spiro atoms. The van der Waals surface area contributed by atoms with Crippen molar-refractivity contribution >= 4 is 40.7 Å². The van der Waals surface area contributed by atoms with Gasteiger partial charge in [-0.25, -0.2) is 0 Å². The van der Waals surface area contributed by atoms with Gasteiger partial charge in [0.1, 0.15) is 0 Å². The van der Waals surface area contributed by atoms with Crippen molar-refractivity contribution in [2.45, 2.75) is 227 Å². The molecule has 236 valence electrons. The average Bonchev–Trinajstić information content (AvgIpc) is 3.01. The molecule has 0 N–H and O–H groups in total. The van der Waals surface area contributed by atoms with Crippen LogP contribution >= 0.6 is 40.7 Å². The Balaban J connectivity index is 0.000000210. The molecule has 0 unspecified atom stereocenters. The summed E-state index contributed by atoms with van der Waals surface area (Å²) in [5.74, 6) is 0. The Hall–Kier alpha value is 1.44. The normalized spacial score (nSPS) is 27.4. The standard InChI is InChI=1S/2C18H33P.2ClH/c2*1-4-10-16(11-5-1)19(17-12-6-2-7-13-17)18-14-8-3-9-15-18;;/h2*16-18H,1-15H2;2*1H. The van der Waals surface area contributed by atoms with E-state index in [-0.39, 0.29) is 24.8 Å². The zero-order chi connectivity index (χ0) is 25.8. The van der Waals surface area contributed by atoms with E-state index in [9.17, 15) is 0 Å². The lowest BCUT2D eigenvalue weighted by Crippen LogP contribution is -2.28. The minimum atomic E-state index is 0. The summed E-state index contributed by atoms with van der Waals surface area (Å²) in [5.41, 5.74) is 7.14. The minimum absolute atomic E-state index is 0. The Morgan fingerprint density at radius 2 is 0.325 bits per heavy atom. The van der Waals surface area contributed by atoms with Gasteiger partial charge in [0.25, 0.3) is 0 Å². The van der Waals surface area contributed by atoms with E-state index in [0.29, 0.717) is 15.8 Å². The van der Waals surface area contributed by atoms with Gasteiger partial charge in [-0.05, 0) is 111 Å². The maximum absolute atomic E-state index is 1.61. The van der Waals surface area contributed by atoms with Crippen LogP contribution in [0, 0.1) is 0 Å². The Labute approximate surface area is 266 Å². The van der Waals surface area contributed by atoms with E-state index in [1.54, 1.807) is 154 Å². The van der Waals surface area contributed by atoms with Crippen LogP contribution in [0.4, 0.5) is 0 Å². The SMILES string of the molecule is C1CCC(P(C2CCCCC2)C2CCCCC2)CC1.C1CCC(P(C2CCCCC2)C2CCCCC2)CC1.Cl.Cl. The van der Waals surface area contributed by atoms with Crippen LogP contribution in [0.15, 0.2) is 0 Å². The van der Waals surface area contributed by atoms with E-state index < -0.39 is 0 Å². The van der Waals surface area contributed by atoms with Gasteiger partial charge in [-0.15, -0.1) is 24.8 Å². The van der Waals surface area contributed by atoms with Crippen molar-refractivity contribution in [1.29, 1.82) is 0 Å². The summed E-state index contributed by atoms with van der Waals surface area (Å²) in [6.07, 6.45) is 47.2. The summed E-state index contributed by atoms with van der Waals surface area (Å²) in [5, 5.41) is 0. The Kier molecular flexibility index (Phi) is 18.4. The van der Waals surface area contributed by atoms with Crippen molar-refractivity contribution in [3.8, 4) is 0 Å². The molecule has 0 aromatic heterocycles. The molecule has 6 saturated carbocycles. The molecule has 40 heavy (non-hydrogen) atoms. The van der Waals surface area contributed by atoms with Crippen LogP contribution in [0.3, 0.4) is 0 Å². The van der Waals surface area contributed by atoms with E-state index in [2.05, 4.69) is 0 Å². The van der Waals surface area contributed by atoms with Crippen molar-refractivity contribution < 1.29 is 0 Å². The molecule has 6 rings (SSSR count). The largest absolute Gasteiger partial charge is 0.147 e. The Morgan fingerprint density at radius 3 is 0.450 bits per heavy atom. The maximum atomic E-state index is 1.61. The molecule has 0 aromatic carbocycles. The van der Waals surface area contributed by atoms with Gasteiger partial charge >= 0.3 is 0 Å². The molecule has 0 atom stereocenters. The van der Waals surface area contributed by atoms with Gasteiger partial charge < -0.3 is 0 Å². The van der Waals surface area contributed by atoms with Gasteiger partial charge in [0.05, 0.1) is 0 Å². The fourth-order valence-corrected chi connectivity index (χ4v) is 19.4. The quantitative estimate of drug-likeness (QED) is 0.255. The fraction of sp³-hybridized carbons (Fsp3) is 1.00. The summed E-state index contributed by atoms with van der Waals surface area (Å²) in [7, 11) is 0.770. The zero-order valence-corrected chi connectivity index (χ0v) is 29.8. The number of halogens is 2. The molecule has 0 nitrogen and oxygen atoms in total. The maximum Gasteiger partial charge on any atom is -0.0204 e. The third-order valence-electron chi connectivity index (χ3n) is 12.0. The second-order valence-electron chi connectivity index (χ2n) is 14.6. The summed E-state index contributed by atoms with van der Waals surface area (Å²) >= 11 is 0. The molecule has 0 radical (unpaired) electrons. The van der Waals surface area contributed by atoms with Crippen LogP contribution in [-0.4, -0.2) is 34.0 Å². The highest BCUT2D eigenvalue weighted by molar-refractivity contribution is 7.60. The number of rotatable bonds is 6. The molecule has 0 saturated heterocycles. The van der Waals surface area contributed by atoms with Gasteiger partial charge in [0.15, 0.2) is 0 Å². The highest BCUT2D eigenvalue weighted by Gasteiger charge is 2.37. The Morgan fingerprint density at radius 1 is 0.200 bits per heavy atom. The minimum Gasteiger partial charge on any atom is -0.147 e. The first-order valence-corrected chi connectivity index (χ1v) is 21.5. The highest BCUT2D eigenvalue weighted by Crippen LogP contribution is 2.63. The third kappa shape index (κ3) is 10.8. The predicted molar refractivity (Wildman–Crippen MR) is 190 cm³/mol. The fourth-order valence-electron chi connectivity index (χ4n) is 10.1. The number of hydrogen-bond donors (Lipinski definition) is 0. The second-order valence-corrected chi connectivity index (χ2v) is 20.8. The lowest BCUT2D eigenvalue weighted by Gasteiger charge is -2.44. The number of hydrogen-bond acceptors (Lipinski definition) is 0. The molecular weight excluding hydrogens is 565 g/mol. The van der Waals surface area contributed by atoms with Gasteiger partial charge in [0.2, 0.25) is 0 Å². The summed E-state index contributed by atoms with van der Waals surface area (Å²) in [6.45, 7) is 0. The molecular formula is C36H68Cl2P2. The first-order chi connectivity index (χ1) is 18.9. The van der Waals surface area contributed by atoms with E-state index in [0.717, 1.165) is 0 Å². The lowest BCUT2D eigenvalue weighted by atomic mass is 9.99. The molecule has 0 aromatic rings. The van der Waals surface area contributed by atoms with Gasteiger partial charge in [-0.1, -0.05) is 131 Å². The van der Waals surface area contributed by atoms with E-state index in [1.807, 2.05) is 0 Å². The van der Waals surface area contributed by atoms with Crippen LogP contribution in [0.5, 0.6) is 0 Å². The van der Waals surface area contributed by atoms with Crippen molar-refractivity contribution in [2.75, 3.05) is 0 Å². The molecule has 6 aliphatic carbocycles. The first kappa shape index (κ1) is 35.9. The van der Waals surface area contributed by atoms with Crippen molar-refractivity contribution in [1.82, 2.24) is 0 Å². The monoisotopic (exact) mass is 632 g/mol. The summed E-state index contributed by atoms with van der Waals surface area (Å²) < 4.78 is 0. The van der Waals surface area contributed by atoms with E-state index in [1.165, 1.54) is 72.5 Å². The van der Waals surface area contributed by atoms with Gasteiger partial charge in [0, 0.05) is 0 Å². The molecule has 6 aliphatic rings. The average molecular weight is 634 g/mol. The second kappa shape index (κ2) is 20.5. The highest BCUT2D eigenvalue weighted by atomic mass is 35.5.